The molecule has 1 aromatic heterocycles. The Kier molecular flexibility index (Phi) is 2.33. The third-order valence-corrected chi connectivity index (χ3v) is 2.23. The second-order valence-electron chi connectivity index (χ2n) is 3.35. The minimum atomic E-state index is -0.0655. The van der Waals surface area contributed by atoms with Crippen molar-refractivity contribution in [3.05, 3.63) is 35.7 Å². The summed E-state index contributed by atoms with van der Waals surface area (Å²) < 4.78 is 0. The van der Waals surface area contributed by atoms with Crippen molar-refractivity contribution in [2.45, 2.75) is 6.92 Å². The molecule has 0 atom stereocenters. The Hall–Kier alpha value is -1.97. The maximum atomic E-state index is 11.6. The standard InChI is InChI=1S/C11H11N3O/c1-8-10(11(15)14(2)13-8)7-9-3-5-12-6-4-9/h3-7H,1-2H3/b10-7-. The summed E-state index contributed by atoms with van der Waals surface area (Å²) >= 11 is 0. The number of nitrogens with zero attached hydrogens (tertiary/aromatic N) is 3. The lowest BCUT2D eigenvalue weighted by molar-refractivity contribution is -0.124. The molecule has 0 fully saturated rings. The molecular formula is C11H11N3O. The van der Waals surface area contributed by atoms with Crippen LogP contribution in [-0.2, 0) is 4.79 Å². The fourth-order valence-corrected chi connectivity index (χ4v) is 1.45. The Bertz CT molecular complexity index is 448. The molecule has 15 heavy (non-hydrogen) atoms. The van der Waals surface area contributed by atoms with E-state index in [1.54, 1.807) is 19.4 Å². The van der Waals surface area contributed by atoms with E-state index in [1.165, 1.54) is 5.01 Å². The van der Waals surface area contributed by atoms with E-state index in [4.69, 9.17) is 0 Å². The van der Waals surface area contributed by atoms with Gasteiger partial charge in [0.1, 0.15) is 0 Å². The van der Waals surface area contributed by atoms with Crippen molar-refractivity contribution in [1.29, 1.82) is 0 Å². The highest BCUT2D eigenvalue weighted by Crippen LogP contribution is 2.16. The fourth-order valence-electron chi connectivity index (χ4n) is 1.45. The molecule has 0 unspecified atom stereocenters. The zero-order valence-corrected chi connectivity index (χ0v) is 8.64. The van der Waals surface area contributed by atoms with Gasteiger partial charge in [-0.15, -0.1) is 0 Å². The molecule has 0 aliphatic carbocycles. The molecule has 2 heterocycles. The van der Waals surface area contributed by atoms with Crippen molar-refractivity contribution < 1.29 is 4.79 Å². The quantitative estimate of drug-likeness (QED) is 0.643. The predicted octanol–water partition coefficient (Wildman–Crippen LogP) is 1.31. The molecule has 1 aliphatic heterocycles. The minimum absolute atomic E-state index is 0.0655. The molecule has 1 amide bonds. The van der Waals surface area contributed by atoms with Crippen LogP contribution in [0.4, 0.5) is 0 Å². The number of likely N-dealkylation sites (N-methyl/N-ethyl adjacent to an activating group) is 1. The van der Waals surface area contributed by atoms with Crippen LogP contribution in [0.15, 0.2) is 35.2 Å². The van der Waals surface area contributed by atoms with Gasteiger partial charge in [-0.25, -0.2) is 5.01 Å². The van der Waals surface area contributed by atoms with Gasteiger partial charge < -0.3 is 0 Å². The largest absolute Gasteiger partial charge is 0.275 e. The monoisotopic (exact) mass is 201 g/mol. The molecule has 0 saturated heterocycles. The first-order valence-corrected chi connectivity index (χ1v) is 4.64. The van der Waals surface area contributed by atoms with Crippen molar-refractivity contribution in [2.75, 3.05) is 7.05 Å². The lowest BCUT2D eigenvalue weighted by atomic mass is 10.1. The van der Waals surface area contributed by atoms with Crippen LogP contribution >= 0.6 is 0 Å². The van der Waals surface area contributed by atoms with Crippen LogP contribution in [0, 0.1) is 0 Å². The first kappa shape index (κ1) is 9.58. The maximum Gasteiger partial charge on any atom is 0.275 e. The lowest BCUT2D eigenvalue weighted by Gasteiger charge is -2.01. The normalized spacial score (nSPS) is 18.5. The molecule has 0 bridgehead atoms. The van der Waals surface area contributed by atoms with Gasteiger partial charge in [0.25, 0.3) is 5.91 Å². The number of pyridine rings is 1. The molecule has 4 nitrogen and oxygen atoms in total. The summed E-state index contributed by atoms with van der Waals surface area (Å²) in [7, 11) is 1.65. The Morgan fingerprint density at radius 2 is 2.00 bits per heavy atom. The second kappa shape index (κ2) is 3.65. The van der Waals surface area contributed by atoms with Crippen molar-refractivity contribution in [2.24, 2.45) is 5.10 Å². The van der Waals surface area contributed by atoms with Crippen LogP contribution in [0.5, 0.6) is 0 Å². The summed E-state index contributed by atoms with van der Waals surface area (Å²) in [5.74, 6) is -0.0655. The van der Waals surface area contributed by atoms with Crippen molar-refractivity contribution >= 4 is 17.7 Å². The Morgan fingerprint density at radius 3 is 2.53 bits per heavy atom. The number of carbonyl (C=O) groups is 1. The summed E-state index contributed by atoms with van der Waals surface area (Å²) in [5.41, 5.74) is 2.35. The van der Waals surface area contributed by atoms with Crippen molar-refractivity contribution in [3.63, 3.8) is 0 Å². The van der Waals surface area contributed by atoms with E-state index in [9.17, 15) is 4.79 Å². The van der Waals surface area contributed by atoms with Gasteiger partial charge in [-0.2, -0.15) is 5.10 Å². The molecule has 0 aromatic carbocycles. The number of hydrazone groups is 1. The number of aromatic nitrogens is 1. The van der Waals surface area contributed by atoms with Gasteiger partial charge in [0, 0.05) is 19.4 Å². The van der Waals surface area contributed by atoms with Crippen molar-refractivity contribution in [1.82, 2.24) is 9.99 Å². The van der Waals surface area contributed by atoms with E-state index in [-0.39, 0.29) is 5.91 Å². The second-order valence-corrected chi connectivity index (χ2v) is 3.35. The number of amides is 1. The highest BCUT2D eigenvalue weighted by atomic mass is 16.2. The SMILES string of the molecule is CC1=NN(C)C(=O)/C1=C\c1ccncc1. The Morgan fingerprint density at radius 1 is 1.33 bits per heavy atom. The average Bonchev–Trinajstić information content (AvgIpc) is 2.47. The summed E-state index contributed by atoms with van der Waals surface area (Å²) in [4.78, 5) is 15.6. The molecule has 0 radical (unpaired) electrons. The van der Waals surface area contributed by atoms with Crippen LogP contribution in [0.1, 0.15) is 12.5 Å². The first-order valence-electron chi connectivity index (χ1n) is 4.64. The van der Waals surface area contributed by atoms with Crippen LogP contribution in [-0.4, -0.2) is 28.7 Å². The molecule has 76 valence electrons. The zero-order valence-electron chi connectivity index (χ0n) is 8.64. The summed E-state index contributed by atoms with van der Waals surface area (Å²) in [6.07, 6.45) is 5.22. The smallest absolute Gasteiger partial charge is 0.267 e. The summed E-state index contributed by atoms with van der Waals surface area (Å²) in [6.45, 7) is 1.83. The van der Waals surface area contributed by atoms with E-state index < -0.39 is 0 Å². The number of hydrogen-bond acceptors (Lipinski definition) is 3. The average molecular weight is 201 g/mol. The van der Waals surface area contributed by atoms with E-state index in [0.29, 0.717) is 5.57 Å². The van der Waals surface area contributed by atoms with Crippen molar-refractivity contribution in [3.8, 4) is 0 Å². The van der Waals surface area contributed by atoms with E-state index in [1.807, 2.05) is 25.1 Å². The molecule has 0 N–H and O–H groups in total. The van der Waals surface area contributed by atoms with Gasteiger partial charge >= 0.3 is 0 Å². The molecule has 1 aromatic rings. The van der Waals surface area contributed by atoms with Crippen LogP contribution in [0.25, 0.3) is 6.08 Å². The van der Waals surface area contributed by atoms with Crippen LogP contribution in [0.3, 0.4) is 0 Å². The first-order chi connectivity index (χ1) is 7.18. The highest BCUT2D eigenvalue weighted by molar-refractivity contribution is 6.26. The highest BCUT2D eigenvalue weighted by Gasteiger charge is 2.23. The zero-order chi connectivity index (χ0) is 10.8. The Labute approximate surface area is 87.9 Å². The predicted molar refractivity (Wildman–Crippen MR) is 58.1 cm³/mol. The maximum absolute atomic E-state index is 11.6. The van der Waals surface area contributed by atoms with Gasteiger partial charge in [-0.05, 0) is 30.7 Å². The number of rotatable bonds is 1. The lowest BCUT2D eigenvalue weighted by Crippen LogP contribution is -2.16. The number of carbonyl (C=O) groups excluding carboxylic acids is 1. The molecule has 0 saturated carbocycles. The van der Waals surface area contributed by atoms with Gasteiger partial charge in [-0.3, -0.25) is 9.78 Å². The molecule has 1 aliphatic rings. The van der Waals surface area contributed by atoms with Gasteiger partial charge in [-0.1, -0.05) is 0 Å². The van der Waals surface area contributed by atoms with Crippen LogP contribution < -0.4 is 0 Å². The summed E-state index contributed by atoms with van der Waals surface area (Å²) in [5, 5.41) is 5.41. The van der Waals surface area contributed by atoms with E-state index in [2.05, 4.69) is 10.1 Å². The Balaban J connectivity index is 2.37. The molecule has 4 heteroatoms. The molecule has 0 spiro atoms. The minimum Gasteiger partial charge on any atom is -0.267 e. The fraction of sp³-hybridized carbons (Fsp3) is 0.182. The van der Waals surface area contributed by atoms with Gasteiger partial charge in [0.15, 0.2) is 0 Å². The van der Waals surface area contributed by atoms with Gasteiger partial charge in [0.05, 0.1) is 11.3 Å². The third kappa shape index (κ3) is 1.79. The number of hydrogen-bond donors (Lipinski definition) is 0. The molecule has 2 rings (SSSR count). The van der Waals surface area contributed by atoms with E-state index in [0.717, 1.165) is 11.3 Å². The molecular weight excluding hydrogens is 190 g/mol. The topological polar surface area (TPSA) is 45.6 Å². The summed E-state index contributed by atoms with van der Waals surface area (Å²) in [6, 6.07) is 3.71. The van der Waals surface area contributed by atoms with Gasteiger partial charge in [0.2, 0.25) is 0 Å². The van der Waals surface area contributed by atoms with E-state index >= 15 is 0 Å². The van der Waals surface area contributed by atoms with Crippen LogP contribution in [0.2, 0.25) is 0 Å². The third-order valence-electron chi connectivity index (χ3n) is 2.23.